The van der Waals surface area contributed by atoms with Crippen LogP contribution in [0.1, 0.15) is 5.69 Å². The van der Waals surface area contributed by atoms with Crippen LogP contribution in [0.25, 0.3) is 0 Å². The van der Waals surface area contributed by atoms with Gasteiger partial charge >= 0.3 is 58.4 Å². The predicted octanol–water partition coefficient (Wildman–Crippen LogP) is -2.38. The van der Waals surface area contributed by atoms with Crippen molar-refractivity contribution in [1.82, 2.24) is 9.78 Å². The Labute approximate surface area is 122 Å². The maximum atomic E-state index is 12.3. The summed E-state index contributed by atoms with van der Waals surface area (Å²) in [6.07, 6.45) is 0.828. The molecule has 1 aromatic heterocycles. The molecule has 0 spiro atoms. The van der Waals surface area contributed by atoms with Gasteiger partial charge in [0.15, 0.2) is 0 Å². The van der Waals surface area contributed by atoms with Gasteiger partial charge < -0.3 is 17.7 Å². The molecule has 0 aliphatic carbocycles. The molecule has 74 valence electrons. The number of aromatic nitrogens is 2. The SMILES string of the molecule is COCc1c([B-](F)(F)F)cnn1C.[K+]. The Kier molecular flexibility index (Phi) is 5.93. The van der Waals surface area contributed by atoms with E-state index in [1.165, 1.54) is 18.8 Å². The molecule has 0 bridgehead atoms. The van der Waals surface area contributed by atoms with Gasteiger partial charge in [-0.3, -0.25) is 4.68 Å². The topological polar surface area (TPSA) is 27.1 Å². The van der Waals surface area contributed by atoms with Gasteiger partial charge in [-0.05, 0) is 0 Å². The fraction of sp³-hybridized carbons (Fsp3) is 0.500. The summed E-state index contributed by atoms with van der Waals surface area (Å²) in [6.45, 7) is -5.06. The van der Waals surface area contributed by atoms with Crippen LogP contribution in [0, 0.1) is 0 Å². The Balaban J connectivity index is 0.00000169. The van der Waals surface area contributed by atoms with Crippen molar-refractivity contribution in [2.75, 3.05) is 7.11 Å². The number of rotatable bonds is 3. The molecule has 0 aliphatic heterocycles. The number of ether oxygens (including phenoxy) is 1. The van der Waals surface area contributed by atoms with E-state index in [1.807, 2.05) is 0 Å². The first kappa shape index (κ1) is 14.7. The first-order chi connectivity index (χ1) is 5.96. The maximum Gasteiger partial charge on any atom is 1.00 e. The molecule has 0 amide bonds. The summed E-state index contributed by atoms with van der Waals surface area (Å²) in [4.78, 5) is 0. The zero-order valence-corrected chi connectivity index (χ0v) is 11.4. The van der Waals surface area contributed by atoms with Crippen LogP contribution in [0.5, 0.6) is 0 Å². The second-order valence-electron chi connectivity index (χ2n) is 2.68. The Morgan fingerprint density at radius 2 is 2.07 bits per heavy atom. The predicted molar refractivity (Wildman–Crippen MR) is 42.6 cm³/mol. The molecule has 3 nitrogen and oxygen atoms in total. The molecule has 8 heteroatoms. The number of hydrogen-bond acceptors (Lipinski definition) is 2. The summed E-state index contributed by atoms with van der Waals surface area (Å²) in [5.74, 6) is 0. The molecule has 0 N–H and O–H groups in total. The van der Waals surface area contributed by atoms with Crippen molar-refractivity contribution >= 4 is 12.4 Å². The normalized spacial score (nSPS) is 11.2. The summed E-state index contributed by atoms with van der Waals surface area (Å²) < 4.78 is 42.8. The maximum absolute atomic E-state index is 12.3. The van der Waals surface area contributed by atoms with E-state index in [0.717, 1.165) is 6.20 Å². The van der Waals surface area contributed by atoms with E-state index < -0.39 is 12.4 Å². The van der Waals surface area contributed by atoms with E-state index in [-0.39, 0.29) is 63.7 Å². The molecular formula is C6H9BF3KN2O. The van der Waals surface area contributed by atoms with E-state index in [9.17, 15) is 12.9 Å². The van der Waals surface area contributed by atoms with Crippen molar-refractivity contribution in [2.24, 2.45) is 7.05 Å². The zero-order chi connectivity index (χ0) is 10.1. The molecular weight excluding hydrogens is 223 g/mol. The molecule has 0 aliphatic rings. The van der Waals surface area contributed by atoms with E-state index in [2.05, 4.69) is 9.84 Å². The van der Waals surface area contributed by atoms with Crippen molar-refractivity contribution in [2.45, 2.75) is 6.61 Å². The molecule has 1 rings (SSSR count). The molecule has 1 heterocycles. The standard InChI is InChI=1S/C6H9BF3N2O.K/c1-12-6(4-13-2)5(3-11-12)7(8,9)10;/h3H,4H2,1-2H3;/q-1;+1. The fourth-order valence-corrected chi connectivity index (χ4v) is 1.07. The van der Waals surface area contributed by atoms with E-state index >= 15 is 0 Å². The van der Waals surface area contributed by atoms with Gasteiger partial charge in [0.25, 0.3) is 0 Å². The summed E-state index contributed by atoms with van der Waals surface area (Å²) >= 11 is 0. The summed E-state index contributed by atoms with van der Waals surface area (Å²) in [7, 11) is 2.81. The van der Waals surface area contributed by atoms with Gasteiger partial charge in [-0.15, -0.1) is 0 Å². The molecule has 1 aromatic rings. The van der Waals surface area contributed by atoms with Crippen LogP contribution in [-0.4, -0.2) is 23.9 Å². The monoisotopic (exact) mass is 232 g/mol. The molecule has 0 fully saturated rings. The van der Waals surface area contributed by atoms with Crippen molar-refractivity contribution in [3.8, 4) is 0 Å². The van der Waals surface area contributed by atoms with Crippen LogP contribution in [-0.2, 0) is 18.4 Å². The first-order valence-electron chi connectivity index (χ1n) is 3.66. The van der Waals surface area contributed by atoms with E-state index in [0.29, 0.717) is 0 Å². The average Bonchev–Trinajstić information content (AvgIpc) is 2.32. The largest absolute Gasteiger partial charge is 1.00 e. The van der Waals surface area contributed by atoms with Crippen LogP contribution in [0.15, 0.2) is 6.20 Å². The van der Waals surface area contributed by atoms with Crippen LogP contribution in [0.2, 0.25) is 0 Å². The molecule has 0 radical (unpaired) electrons. The zero-order valence-electron chi connectivity index (χ0n) is 8.30. The van der Waals surface area contributed by atoms with E-state index in [4.69, 9.17) is 0 Å². The van der Waals surface area contributed by atoms with Gasteiger partial charge in [0, 0.05) is 26.0 Å². The van der Waals surface area contributed by atoms with Crippen molar-refractivity contribution in [3.05, 3.63) is 11.9 Å². The molecule has 14 heavy (non-hydrogen) atoms. The molecule has 0 atom stereocenters. The minimum Gasteiger partial charge on any atom is -0.445 e. The first-order valence-corrected chi connectivity index (χ1v) is 3.66. The van der Waals surface area contributed by atoms with E-state index in [1.54, 1.807) is 0 Å². The fourth-order valence-electron chi connectivity index (χ4n) is 1.07. The van der Waals surface area contributed by atoms with Crippen LogP contribution < -0.4 is 56.8 Å². The number of halogens is 3. The number of aryl methyl sites for hydroxylation is 1. The number of nitrogens with zero attached hydrogens (tertiary/aromatic N) is 2. The molecule has 0 saturated heterocycles. The van der Waals surface area contributed by atoms with Gasteiger partial charge in [-0.2, -0.15) is 5.10 Å². The third-order valence-electron chi connectivity index (χ3n) is 1.73. The second-order valence-corrected chi connectivity index (χ2v) is 2.68. The van der Waals surface area contributed by atoms with Crippen molar-refractivity contribution in [1.29, 1.82) is 0 Å². The summed E-state index contributed by atoms with van der Waals surface area (Å²) in [6, 6.07) is 0. The van der Waals surface area contributed by atoms with Gasteiger partial charge in [0.05, 0.1) is 6.61 Å². The third-order valence-corrected chi connectivity index (χ3v) is 1.73. The van der Waals surface area contributed by atoms with Crippen molar-refractivity contribution in [3.63, 3.8) is 0 Å². The Morgan fingerprint density at radius 1 is 1.50 bits per heavy atom. The minimum absolute atomic E-state index is 0. The molecule has 0 saturated carbocycles. The smallest absolute Gasteiger partial charge is 0.445 e. The van der Waals surface area contributed by atoms with Gasteiger partial charge in [-0.25, -0.2) is 0 Å². The van der Waals surface area contributed by atoms with Gasteiger partial charge in [-0.1, -0.05) is 5.46 Å². The Bertz CT molecular complexity index is 302. The van der Waals surface area contributed by atoms with Crippen LogP contribution in [0.3, 0.4) is 0 Å². The average molecular weight is 232 g/mol. The summed E-state index contributed by atoms with van der Waals surface area (Å²) in [5.41, 5.74) is -0.612. The van der Waals surface area contributed by atoms with Crippen molar-refractivity contribution < 1.29 is 69.1 Å². The second kappa shape index (κ2) is 5.67. The Morgan fingerprint density at radius 3 is 2.50 bits per heavy atom. The molecule has 0 unspecified atom stereocenters. The van der Waals surface area contributed by atoms with Gasteiger partial charge in [0.1, 0.15) is 0 Å². The molecule has 0 aromatic carbocycles. The van der Waals surface area contributed by atoms with Crippen LogP contribution in [0.4, 0.5) is 12.9 Å². The minimum atomic E-state index is -4.99. The van der Waals surface area contributed by atoms with Crippen LogP contribution >= 0.6 is 0 Å². The number of hydrogen-bond donors (Lipinski definition) is 0. The summed E-state index contributed by atoms with van der Waals surface area (Å²) in [5, 5.41) is 3.53. The number of methoxy groups -OCH3 is 1. The quantitative estimate of drug-likeness (QED) is 0.544. The Hall–Kier alpha value is 0.661. The third kappa shape index (κ3) is 3.35. The van der Waals surface area contributed by atoms with Gasteiger partial charge in [0.2, 0.25) is 0 Å².